The maximum Gasteiger partial charge on any atom is 0.270 e. The summed E-state index contributed by atoms with van der Waals surface area (Å²) in [6.45, 7) is -0.239. The van der Waals surface area contributed by atoms with E-state index in [9.17, 15) is 9.59 Å². The van der Waals surface area contributed by atoms with E-state index in [0.29, 0.717) is 11.4 Å². The number of ether oxygens (including phenoxy) is 1. The van der Waals surface area contributed by atoms with Crippen LogP contribution in [-0.4, -0.2) is 35.2 Å². The predicted octanol–water partition coefficient (Wildman–Crippen LogP) is 1.76. The van der Waals surface area contributed by atoms with Gasteiger partial charge in [-0.2, -0.15) is 5.10 Å². The SMILES string of the molecule is COc1ccc(-c2cc(C(=O)NCC(N)=O)n(-c3ccccc3)n2)cc1. The summed E-state index contributed by atoms with van der Waals surface area (Å²) in [5, 5.41) is 7.05. The molecule has 0 aliphatic heterocycles. The summed E-state index contributed by atoms with van der Waals surface area (Å²) >= 11 is 0. The number of methoxy groups -OCH3 is 1. The van der Waals surface area contributed by atoms with E-state index >= 15 is 0 Å². The summed E-state index contributed by atoms with van der Waals surface area (Å²) in [7, 11) is 1.60. The van der Waals surface area contributed by atoms with Crippen molar-refractivity contribution in [1.29, 1.82) is 0 Å². The van der Waals surface area contributed by atoms with E-state index in [-0.39, 0.29) is 6.54 Å². The number of benzene rings is 2. The number of aromatic nitrogens is 2. The van der Waals surface area contributed by atoms with Crippen molar-refractivity contribution in [2.75, 3.05) is 13.7 Å². The minimum absolute atomic E-state index is 0.239. The number of nitrogens with zero attached hydrogens (tertiary/aromatic N) is 2. The number of rotatable bonds is 6. The van der Waals surface area contributed by atoms with Crippen LogP contribution in [0.4, 0.5) is 0 Å². The second-order valence-corrected chi connectivity index (χ2v) is 5.54. The largest absolute Gasteiger partial charge is 0.497 e. The Balaban J connectivity index is 2.01. The quantitative estimate of drug-likeness (QED) is 0.707. The van der Waals surface area contributed by atoms with Crippen LogP contribution in [0, 0.1) is 0 Å². The van der Waals surface area contributed by atoms with E-state index in [4.69, 9.17) is 10.5 Å². The van der Waals surface area contributed by atoms with Crippen molar-refractivity contribution in [1.82, 2.24) is 15.1 Å². The van der Waals surface area contributed by atoms with E-state index in [0.717, 1.165) is 17.0 Å². The standard InChI is InChI=1S/C19H18N4O3/c1-26-15-9-7-13(8-10-15)16-11-17(19(25)21-12-18(20)24)23(22-16)14-5-3-2-4-6-14/h2-11H,12H2,1H3,(H2,20,24)(H,21,25). The molecule has 3 rings (SSSR count). The Morgan fingerprint density at radius 2 is 1.81 bits per heavy atom. The maximum atomic E-state index is 12.5. The molecule has 0 fully saturated rings. The molecule has 2 aromatic carbocycles. The summed E-state index contributed by atoms with van der Waals surface area (Å²) < 4.78 is 6.70. The molecule has 1 aromatic heterocycles. The summed E-state index contributed by atoms with van der Waals surface area (Å²) in [5.41, 5.74) is 7.61. The average Bonchev–Trinajstić information content (AvgIpc) is 3.12. The van der Waals surface area contributed by atoms with Gasteiger partial charge in [-0.15, -0.1) is 0 Å². The molecule has 0 unspecified atom stereocenters. The third-order valence-electron chi connectivity index (χ3n) is 3.75. The molecule has 7 nitrogen and oxygen atoms in total. The first-order chi connectivity index (χ1) is 12.6. The predicted molar refractivity (Wildman–Crippen MR) is 97.1 cm³/mol. The van der Waals surface area contributed by atoms with Crippen LogP contribution in [0.25, 0.3) is 16.9 Å². The molecule has 0 aliphatic rings. The van der Waals surface area contributed by atoms with E-state index < -0.39 is 11.8 Å². The van der Waals surface area contributed by atoms with Crippen molar-refractivity contribution in [3.8, 4) is 22.7 Å². The van der Waals surface area contributed by atoms with Crippen LogP contribution in [0.15, 0.2) is 60.7 Å². The van der Waals surface area contributed by atoms with Gasteiger partial charge in [-0.05, 0) is 42.5 Å². The molecule has 3 N–H and O–H groups in total. The van der Waals surface area contributed by atoms with Crippen molar-refractivity contribution in [3.05, 3.63) is 66.4 Å². The Hall–Kier alpha value is -3.61. The van der Waals surface area contributed by atoms with E-state index in [1.807, 2.05) is 54.6 Å². The normalized spacial score (nSPS) is 10.3. The minimum Gasteiger partial charge on any atom is -0.497 e. The van der Waals surface area contributed by atoms with Gasteiger partial charge < -0.3 is 15.8 Å². The molecule has 0 bridgehead atoms. The highest BCUT2D eigenvalue weighted by molar-refractivity contribution is 5.96. The lowest BCUT2D eigenvalue weighted by molar-refractivity contribution is -0.117. The molecule has 7 heteroatoms. The van der Waals surface area contributed by atoms with Gasteiger partial charge in [0.15, 0.2) is 0 Å². The van der Waals surface area contributed by atoms with Crippen LogP contribution in [-0.2, 0) is 4.79 Å². The lowest BCUT2D eigenvalue weighted by atomic mass is 10.1. The monoisotopic (exact) mass is 350 g/mol. The molecule has 26 heavy (non-hydrogen) atoms. The zero-order chi connectivity index (χ0) is 18.5. The fourth-order valence-corrected chi connectivity index (χ4v) is 2.47. The molecule has 0 aliphatic carbocycles. The number of primary amides is 1. The summed E-state index contributed by atoms with van der Waals surface area (Å²) in [6, 6.07) is 18.3. The number of carbonyl (C=O) groups is 2. The molecule has 132 valence electrons. The molecule has 0 atom stereocenters. The number of para-hydroxylation sites is 1. The van der Waals surface area contributed by atoms with Crippen LogP contribution in [0.5, 0.6) is 5.75 Å². The van der Waals surface area contributed by atoms with Gasteiger partial charge in [-0.3, -0.25) is 9.59 Å². The Labute approximate surface area is 150 Å². The topological polar surface area (TPSA) is 99.2 Å². The van der Waals surface area contributed by atoms with Crippen molar-refractivity contribution >= 4 is 11.8 Å². The van der Waals surface area contributed by atoms with E-state index in [2.05, 4.69) is 10.4 Å². The number of hydrogen-bond donors (Lipinski definition) is 2. The first-order valence-corrected chi connectivity index (χ1v) is 7.95. The molecular weight excluding hydrogens is 332 g/mol. The summed E-state index contributed by atoms with van der Waals surface area (Å²) in [5.74, 6) is -0.310. The molecule has 0 spiro atoms. The second kappa shape index (κ2) is 7.52. The van der Waals surface area contributed by atoms with Crippen molar-refractivity contribution < 1.29 is 14.3 Å². The Morgan fingerprint density at radius 1 is 1.12 bits per heavy atom. The zero-order valence-corrected chi connectivity index (χ0v) is 14.2. The van der Waals surface area contributed by atoms with Crippen LogP contribution >= 0.6 is 0 Å². The van der Waals surface area contributed by atoms with Gasteiger partial charge in [-0.1, -0.05) is 18.2 Å². The van der Waals surface area contributed by atoms with Gasteiger partial charge in [0.05, 0.1) is 25.0 Å². The Morgan fingerprint density at radius 3 is 2.42 bits per heavy atom. The van der Waals surface area contributed by atoms with Crippen LogP contribution in [0.2, 0.25) is 0 Å². The van der Waals surface area contributed by atoms with Gasteiger partial charge in [0, 0.05) is 5.56 Å². The molecule has 0 saturated carbocycles. The molecular formula is C19H18N4O3. The second-order valence-electron chi connectivity index (χ2n) is 5.54. The third kappa shape index (κ3) is 3.72. The lowest BCUT2D eigenvalue weighted by Crippen LogP contribution is -2.34. The average molecular weight is 350 g/mol. The Kier molecular flexibility index (Phi) is 4.98. The summed E-state index contributed by atoms with van der Waals surface area (Å²) in [6.07, 6.45) is 0. The van der Waals surface area contributed by atoms with Crippen molar-refractivity contribution in [3.63, 3.8) is 0 Å². The molecule has 1 heterocycles. The van der Waals surface area contributed by atoms with Gasteiger partial charge in [0.2, 0.25) is 5.91 Å². The molecule has 2 amide bonds. The van der Waals surface area contributed by atoms with Crippen LogP contribution < -0.4 is 15.8 Å². The molecule has 0 radical (unpaired) electrons. The highest BCUT2D eigenvalue weighted by atomic mass is 16.5. The van der Waals surface area contributed by atoms with Gasteiger partial charge in [0.25, 0.3) is 5.91 Å². The fraction of sp³-hybridized carbons (Fsp3) is 0.105. The third-order valence-corrected chi connectivity index (χ3v) is 3.75. The first kappa shape index (κ1) is 17.2. The molecule has 3 aromatic rings. The maximum absolute atomic E-state index is 12.5. The Bertz CT molecular complexity index is 918. The number of hydrogen-bond acceptors (Lipinski definition) is 4. The van der Waals surface area contributed by atoms with Gasteiger partial charge in [-0.25, -0.2) is 4.68 Å². The number of nitrogens with two attached hydrogens (primary N) is 1. The van der Waals surface area contributed by atoms with Crippen LogP contribution in [0.3, 0.4) is 0 Å². The molecule has 0 saturated heterocycles. The minimum atomic E-state index is -0.612. The first-order valence-electron chi connectivity index (χ1n) is 7.95. The fourth-order valence-electron chi connectivity index (χ4n) is 2.47. The van der Waals surface area contributed by atoms with Gasteiger partial charge in [0.1, 0.15) is 11.4 Å². The number of carbonyl (C=O) groups excluding carboxylic acids is 2. The number of amides is 2. The highest BCUT2D eigenvalue weighted by Crippen LogP contribution is 2.24. The van der Waals surface area contributed by atoms with E-state index in [1.165, 1.54) is 4.68 Å². The smallest absolute Gasteiger partial charge is 0.270 e. The van der Waals surface area contributed by atoms with Gasteiger partial charge >= 0.3 is 0 Å². The van der Waals surface area contributed by atoms with Crippen molar-refractivity contribution in [2.24, 2.45) is 5.73 Å². The zero-order valence-electron chi connectivity index (χ0n) is 14.2. The van der Waals surface area contributed by atoms with Crippen LogP contribution in [0.1, 0.15) is 10.5 Å². The summed E-state index contributed by atoms with van der Waals surface area (Å²) in [4.78, 5) is 23.4. The highest BCUT2D eigenvalue weighted by Gasteiger charge is 2.18. The van der Waals surface area contributed by atoms with Crippen molar-refractivity contribution in [2.45, 2.75) is 0 Å². The lowest BCUT2D eigenvalue weighted by Gasteiger charge is -2.07. The number of nitrogens with one attached hydrogen (secondary N) is 1. The van der Waals surface area contributed by atoms with E-state index in [1.54, 1.807) is 13.2 Å².